The molecule has 0 saturated carbocycles. The van der Waals surface area contributed by atoms with Crippen molar-refractivity contribution in [3.8, 4) is 0 Å². The molecule has 0 aliphatic carbocycles. The second kappa shape index (κ2) is 6.00. The Balaban J connectivity index is 2.07. The third-order valence-electron chi connectivity index (χ3n) is 3.56. The van der Waals surface area contributed by atoms with Gasteiger partial charge in [-0.05, 0) is 33.2 Å². The molecule has 0 radical (unpaired) electrons. The highest BCUT2D eigenvalue weighted by atomic mass is 16.2. The molecular weight excluding hydrogens is 228 g/mol. The van der Waals surface area contributed by atoms with E-state index in [2.05, 4.69) is 14.9 Å². The maximum Gasteiger partial charge on any atom is 0.274 e. The molecule has 2 rings (SSSR count). The smallest absolute Gasteiger partial charge is 0.274 e. The SMILES string of the molecule is CCN(CC)C(=O)c1cn(C2CCCNC2)cn1. The van der Waals surface area contributed by atoms with Crippen molar-refractivity contribution in [3.05, 3.63) is 18.2 Å². The standard InChI is InChI=1S/C13H22N4O/c1-3-16(4-2)13(18)12-9-17(10-15-12)11-6-5-7-14-8-11/h9-11,14H,3-8H2,1-2H3. The Labute approximate surface area is 108 Å². The summed E-state index contributed by atoms with van der Waals surface area (Å²) in [5.74, 6) is 0.0301. The lowest BCUT2D eigenvalue weighted by atomic mass is 10.1. The van der Waals surface area contributed by atoms with Gasteiger partial charge in [0.05, 0.1) is 6.33 Å². The summed E-state index contributed by atoms with van der Waals surface area (Å²) in [6.45, 7) is 7.50. The Hall–Kier alpha value is -1.36. The fourth-order valence-corrected chi connectivity index (χ4v) is 2.41. The topological polar surface area (TPSA) is 50.2 Å². The minimum atomic E-state index is 0.0301. The highest BCUT2D eigenvalue weighted by Gasteiger charge is 2.19. The fraction of sp³-hybridized carbons (Fsp3) is 0.692. The van der Waals surface area contributed by atoms with Gasteiger partial charge in [-0.1, -0.05) is 0 Å². The van der Waals surface area contributed by atoms with Crippen LogP contribution in [0.4, 0.5) is 0 Å². The first-order valence-corrected chi connectivity index (χ1v) is 6.79. The number of piperidine rings is 1. The van der Waals surface area contributed by atoms with Gasteiger partial charge in [-0.25, -0.2) is 4.98 Å². The predicted octanol–water partition coefficient (Wildman–Crippen LogP) is 1.29. The van der Waals surface area contributed by atoms with Crippen molar-refractivity contribution < 1.29 is 4.79 Å². The van der Waals surface area contributed by atoms with Crippen molar-refractivity contribution >= 4 is 5.91 Å². The molecule has 0 aromatic carbocycles. The number of aromatic nitrogens is 2. The lowest BCUT2D eigenvalue weighted by molar-refractivity contribution is 0.0767. The molecule has 1 aromatic rings. The Bertz CT molecular complexity index is 391. The van der Waals surface area contributed by atoms with E-state index in [4.69, 9.17) is 0 Å². The molecular formula is C13H22N4O. The zero-order chi connectivity index (χ0) is 13.0. The van der Waals surface area contributed by atoms with Gasteiger partial charge in [-0.15, -0.1) is 0 Å². The maximum atomic E-state index is 12.1. The summed E-state index contributed by atoms with van der Waals surface area (Å²) in [6.07, 6.45) is 6.01. The molecule has 18 heavy (non-hydrogen) atoms. The van der Waals surface area contributed by atoms with Gasteiger partial charge in [0.25, 0.3) is 5.91 Å². The molecule has 1 atom stereocenters. The number of carbonyl (C=O) groups is 1. The molecule has 1 fully saturated rings. The number of amides is 1. The molecule has 0 bridgehead atoms. The van der Waals surface area contributed by atoms with Crippen molar-refractivity contribution in [3.63, 3.8) is 0 Å². The number of carbonyl (C=O) groups excluding carboxylic acids is 1. The zero-order valence-corrected chi connectivity index (χ0v) is 11.2. The first kappa shape index (κ1) is 13.1. The molecule has 1 N–H and O–H groups in total. The summed E-state index contributed by atoms with van der Waals surface area (Å²) < 4.78 is 2.07. The van der Waals surface area contributed by atoms with Crippen LogP contribution in [-0.2, 0) is 0 Å². The summed E-state index contributed by atoms with van der Waals surface area (Å²) in [7, 11) is 0. The van der Waals surface area contributed by atoms with E-state index in [0.717, 1.165) is 32.6 Å². The first-order chi connectivity index (χ1) is 8.76. The summed E-state index contributed by atoms with van der Waals surface area (Å²) >= 11 is 0. The minimum Gasteiger partial charge on any atom is -0.338 e. The van der Waals surface area contributed by atoms with Crippen LogP contribution in [0.3, 0.4) is 0 Å². The second-order valence-electron chi connectivity index (χ2n) is 4.68. The molecule has 5 heteroatoms. The van der Waals surface area contributed by atoms with Gasteiger partial charge in [0.2, 0.25) is 0 Å². The van der Waals surface area contributed by atoms with Crippen LogP contribution in [0, 0.1) is 0 Å². The zero-order valence-electron chi connectivity index (χ0n) is 11.2. The van der Waals surface area contributed by atoms with Gasteiger partial charge >= 0.3 is 0 Å². The monoisotopic (exact) mass is 250 g/mol. The lowest BCUT2D eigenvalue weighted by Crippen LogP contribution is -2.32. The van der Waals surface area contributed by atoms with E-state index in [9.17, 15) is 4.79 Å². The van der Waals surface area contributed by atoms with E-state index < -0.39 is 0 Å². The van der Waals surface area contributed by atoms with Crippen molar-refractivity contribution in [2.75, 3.05) is 26.2 Å². The Kier molecular flexibility index (Phi) is 4.36. The number of nitrogens with zero attached hydrogens (tertiary/aromatic N) is 3. The van der Waals surface area contributed by atoms with Crippen LogP contribution in [-0.4, -0.2) is 46.5 Å². The van der Waals surface area contributed by atoms with Gasteiger partial charge in [-0.2, -0.15) is 0 Å². The van der Waals surface area contributed by atoms with Crippen molar-refractivity contribution in [2.45, 2.75) is 32.7 Å². The average molecular weight is 250 g/mol. The van der Waals surface area contributed by atoms with Gasteiger partial charge in [-0.3, -0.25) is 4.79 Å². The van der Waals surface area contributed by atoms with Crippen LogP contribution in [0.1, 0.15) is 43.2 Å². The molecule has 1 amide bonds. The Morgan fingerprint density at radius 2 is 2.33 bits per heavy atom. The van der Waals surface area contributed by atoms with Crippen LogP contribution in [0.5, 0.6) is 0 Å². The van der Waals surface area contributed by atoms with E-state index in [-0.39, 0.29) is 5.91 Å². The highest BCUT2D eigenvalue weighted by molar-refractivity contribution is 5.92. The lowest BCUT2D eigenvalue weighted by Gasteiger charge is -2.23. The molecule has 2 heterocycles. The van der Waals surface area contributed by atoms with E-state index in [1.807, 2.05) is 20.0 Å². The summed E-state index contributed by atoms with van der Waals surface area (Å²) in [5.41, 5.74) is 0.560. The minimum absolute atomic E-state index is 0.0301. The number of rotatable bonds is 4. The fourth-order valence-electron chi connectivity index (χ4n) is 2.41. The van der Waals surface area contributed by atoms with Crippen LogP contribution >= 0.6 is 0 Å². The average Bonchev–Trinajstić information content (AvgIpc) is 2.90. The van der Waals surface area contributed by atoms with Gasteiger partial charge in [0.1, 0.15) is 5.69 Å². The Morgan fingerprint density at radius 3 is 2.94 bits per heavy atom. The number of hydrogen-bond acceptors (Lipinski definition) is 3. The largest absolute Gasteiger partial charge is 0.338 e. The summed E-state index contributed by atoms with van der Waals surface area (Å²) in [6, 6.07) is 0.435. The van der Waals surface area contributed by atoms with Gasteiger partial charge in [0.15, 0.2) is 0 Å². The molecule has 1 unspecified atom stereocenters. The Morgan fingerprint density at radius 1 is 1.56 bits per heavy atom. The molecule has 1 aromatic heterocycles. The third kappa shape index (κ3) is 2.72. The van der Waals surface area contributed by atoms with Gasteiger partial charge < -0.3 is 14.8 Å². The molecule has 5 nitrogen and oxygen atoms in total. The van der Waals surface area contributed by atoms with Crippen LogP contribution in [0.2, 0.25) is 0 Å². The van der Waals surface area contributed by atoms with Crippen molar-refractivity contribution in [2.24, 2.45) is 0 Å². The molecule has 100 valence electrons. The normalized spacial score (nSPS) is 19.8. The van der Waals surface area contributed by atoms with Gasteiger partial charge in [0, 0.05) is 31.9 Å². The summed E-state index contributed by atoms with van der Waals surface area (Å²) in [5, 5.41) is 3.37. The van der Waals surface area contributed by atoms with Crippen molar-refractivity contribution in [1.82, 2.24) is 19.8 Å². The van der Waals surface area contributed by atoms with E-state index >= 15 is 0 Å². The van der Waals surface area contributed by atoms with E-state index in [1.54, 1.807) is 11.2 Å². The number of imidazole rings is 1. The maximum absolute atomic E-state index is 12.1. The highest BCUT2D eigenvalue weighted by Crippen LogP contribution is 2.17. The third-order valence-corrected chi connectivity index (χ3v) is 3.56. The summed E-state index contributed by atoms with van der Waals surface area (Å²) in [4.78, 5) is 18.2. The first-order valence-electron chi connectivity index (χ1n) is 6.79. The number of nitrogens with one attached hydrogen (secondary N) is 1. The molecule has 0 spiro atoms. The van der Waals surface area contributed by atoms with Crippen molar-refractivity contribution in [1.29, 1.82) is 0 Å². The molecule has 1 aliphatic heterocycles. The van der Waals surface area contributed by atoms with Crippen LogP contribution in [0.15, 0.2) is 12.5 Å². The molecule has 1 aliphatic rings. The van der Waals surface area contributed by atoms with E-state index in [1.165, 1.54) is 6.42 Å². The predicted molar refractivity (Wildman–Crippen MR) is 70.6 cm³/mol. The van der Waals surface area contributed by atoms with Crippen LogP contribution in [0.25, 0.3) is 0 Å². The quantitative estimate of drug-likeness (QED) is 0.876. The van der Waals surface area contributed by atoms with Crippen LogP contribution < -0.4 is 5.32 Å². The number of hydrogen-bond donors (Lipinski definition) is 1. The van der Waals surface area contributed by atoms with E-state index in [0.29, 0.717) is 11.7 Å². The second-order valence-corrected chi connectivity index (χ2v) is 4.68. The molecule has 1 saturated heterocycles.